The Labute approximate surface area is 92.7 Å². The molecular formula is C8H7Br2NO2. The first-order valence-electron chi connectivity index (χ1n) is 3.43. The number of carbonyl (C=O) groups is 1. The van der Waals surface area contributed by atoms with Crippen LogP contribution in [0.25, 0.3) is 0 Å². The number of hydrogen-bond acceptors (Lipinski definition) is 2. The first-order chi connectivity index (χ1) is 6.15. The summed E-state index contributed by atoms with van der Waals surface area (Å²) >= 11 is 6.56. The van der Waals surface area contributed by atoms with Crippen molar-refractivity contribution in [3.8, 4) is 0 Å². The standard InChI is InChI=1S/C8H7Br2NO2/c1-13-11-8(12)6-3-2-5(9)4-7(6)10/h2-4H,1H3,(H,11,12). The molecule has 0 unspecified atom stereocenters. The number of hydroxylamine groups is 1. The maximum atomic E-state index is 11.3. The van der Waals surface area contributed by atoms with Gasteiger partial charge in [0.1, 0.15) is 0 Å². The number of hydrogen-bond donors (Lipinski definition) is 1. The molecule has 1 aromatic rings. The van der Waals surface area contributed by atoms with Crippen molar-refractivity contribution in [2.75, 3.05) is 7.11 Å². The van der Waals surface area contributed by atoms with Crippen LogP contribution in [0.5, 0.6) is 0 Å². The first kappa shape index (κ1) is 10.7. The summed E-state index contributed by atoms with van der Waals surface area (Å²) in [5, 5.41) is 0. The van der Waals surface area contributed by atoms with Crippen LogP contribution in [-0.2, 0) is 4.84 Å². The van der Waals surface area contributed by atoms with Crippen molar-refractivity contribution < 1.29 is 9.63 Å². The average molecular weight is 309 g/mol. The summed E-state index contributed by atoms with van der Waals surface area (Å²) < 4.78 is 1.63. The molecule has 0 spiro atoms. The Bertz CT molecular complexity index is 328. The molecule has 0 aliphatic heterocycles. The van der Waals surface area contributed by atoms with E-state index in [-0.39, 0.29) is 5.91 Å². The van der Waals surface area contributed by atoms with Crippen molar-refractivity contribution in [2.24, 2.45) is 0 Å². The lowest BCUT2D eigenvalue weighted by Crippen LogP contribution is -2.22. The number of halogens is 2. The van der Waals surface area contributed by atoms with Gasteiger partial charge in [-0.05, 0) is 34.1 Å². The second kappa shape index (κ2) is 4.74. The van der Waals surface area contributed by atoms with Crippen molar-refractivity contribution in [1.82, 2.24) is 5.48 Å². The molecule has 5 heteroatoms. The number of amides is 1. The van der Waals surface area contributed by atoms with Crippen LogP contribution in [0.15, 0.2) is 27.1 Å². The zero-order chi connectivity index (χ0) is 9.84. The summed E-state index contributed by atoms with van der Waals surface area (Å²) in [5.74, 6) is -0.276. The van der Waals surface area contributed by atoms with Gasteiger partial charge in [0.15, 0.2) is 0 Å². The van der Waals surface area contributed by atoms with E-state index in [1.807, 2.05) is 0 Å². The fourth-order valence-electron chi connectivity index (χ4n) is 0.821. The molecule has 1 amide bonds. The van der Waals surface area contributed by atoms with Crippen molar-refractivity contribution in [1.29, 1.82) is 0 Å². The molecule has 1 aromatic carbocycles. The molecule has 13 heavy (non-hydrogen) atoms. The van der Waals surface area contributed by atoms with Crippen molar-refractivity contribution in [2.45, 2.75) is 0 Å². The van der Waals surface area contributed by atoms with Crippen LogP contribution >= 0.6 is 31.9 Å². The predicted octanol–water partition coefficient (Wildman–Crippen LogP) is 2.50. The van der Waals surface area contributed by atoms with Gasteiger partial charge in [0.25, 0.3) is 5.91 Å². The fraction of sp³-hybridized carbons (Fsp3) is 0.125. The highest BCUT2D eigenvalue weighted by atomic mass is 79.9. The second-order valence-electron chi connectivity index (χ2n) is 2.26. The molecule has 0 aliphatic rings. The van der Waals surface area contributed by atoms with E-state index in [1.165, 1.54) is 7.11 Å². The summed E-state index contributed by atoms with van der Waals surface area (Å²) in [6, 6.07) is 5.28. The Morgan fingerprint density at radius 3 is 2.69 bits per heavy atom. The Kier molecular flexibility index (Phi) is 3.90. The molecule has 0 atom stereocenters. The van der Waals surface area contributed by atoms with Gasteiger partial charge in [-0.2, -0.15) is 0 Å². The molecule has 1 rings (SSSR count). The SMILES string of the molecule is CONC(=O)c1ccc(Br)cc1Br. The molecule has 0 saturated carbocycles. The summed E-state index contributed by atoms with van der Waals surface area (Å²) in [6.07, 6.45) is 0. The number of nitrogens with one attached hydrogen (secondary N) is 1. The maximum absolute atomic E-state index is 11.3. The van der Waals surface area contributed by atoms with Crippen LogP contribution in [0.4, 0.5) is 0 Å². The highest BCUT2D eigenvalue weighted by Gasteiger charge is 2.08. The number of rotatable bonds is 2. The van der Waals surface area contributed by atoms with E-state index in [1.54, 1.807) is 18.2 Å². The highest BCUT2D eigenvalue weighted by Crippen LogP contribution is 2.21. The molecule has 0 saturated heterocycles. The zero-order valence-corrected chi connectivity index (χ0v) is 9.98. The maximum Gasteiger partial charge on any atom is 0.275 e. The predicted molar refractivity (Wildman–Crippen MR) is 56.3 cm³/mol. The van der Waals surface area contributed by atoms with Crippen LogP contribution in [0, 0.1) is 0 Å². The van der Waals surface area contributed by atoms with Crippen LogP contribution in [0.2, 0.25) is 0 Å². The smallest absolute Gasteiger partial charge is 0.275 e. The summed E-state index contributed by atoms with van der Waals surface area (Å²) in [4.78, 5) is 15.8. The van der Waals surface area contributed by atoms with Crippen LogP contribution in [0.3, 0.4) is 0 Å². The fourth-order valence-corrected chi connectivity index (χ4v) is 2.05. The molecule has 70 valence electrons. The van der Waals surface area contributed by atoms with Gasteiger partial charge in [0.2, 0.25) is 0 Å². The van der Waals surface area contributed by atoms with Crippen molar-refractivity contribution in [3.63, 3.8) is 0 Å². The van der Waals surface area contributed by atoms with E-state index in [2.05, 4.69) is 42.2 Å². The van der Waals surface area contributed by atoms with Gasteiger partial charge >= 0.3 is 0 Å². The van der Waals surface area contributed by atoms with Crippen LogP contribution in [0.1, 0.15) is 10.4 Å². The molecule has 1 N–H and O–H groups in total. The average Bonchev–Trinajstić information content (AvgIpc) is 2.04. The van der Waals surface area contributed by atoms with Crippen molar-refractivity contribution in [3.05, 3.63) is 32.7 Å². The van der Waals surface area contributed by atoms with E-state index >= 15 is 0 Å². The minimum absolute atomic E-state index is 0.276. The Morgan fingerprint density at radius 1 is 1.46 bits per heavy atom. The van der Waals surface area contributed by atoms with Gasteiger partial charge in [-0.3, -0.25) is 9.63 Å². The van der Waals surface area contributed by atoms with Gasteiger partial charge in [-0.1, -0.05) is 15.9 Å². The van der Waals surface area contributed by atoms with E-state index in [0.717, 1.165) is 8.95 Å². The highest BCUT2D eigenvalue weighted by molar-refractivity contribution is 9.11. The topological polar surface area (TPSA) is 38.3 Å². The minimum atomic E-state index is -0.276. The van der Waals surface area contributed by atoms with Crippen molar-refractivity contribution >= 4 is 37.8 Å². The van der Waals surface area contributed by atoms with E-state index in [0.29, 0.717) is 5.56 Å². The molecule has 0 aliphatic carbocycles. The summed E-state index contributed by atoms with van der Waals surface area (Å²) in [7, 11) is 1.39. The molecule has 0 radical (unpaired) electrons. The van der Waals surface area contributed by atoms with Gasteiger partial charge in [0.05, 0.1) is 12.7 Å². The monoisotopic (exact) mass is 307 g/mol. The Balaban J connectivity index is 2.95. The van der Waals surface area contributed by atoms with E-state index < -0.39 is 0 Å². The lowest BCUT2D eigenvalue weighted by molar-refractivity contribution is 0.0537. The third kappa shape index (κ3) is 2.79. The third-order valence-electron chi connectivity index (χ3n) is 1.37. The molecule has 0 fully saturated rings. The quantitative estimate of drug-likeness (QED) is 0.853. The molecule has 0 aromatic heterocycles. The van der Waals surface area contributed by atoms with Gasteiger partial charge in [-0.15, -0.1) is 0 Å². The van der Waals surface area contributed by atoms with Gasteiger partial charge < -0.3 is 0 Å². The lowest BCUT2D eigenvalue weighted by atomic mass is 10.2. The number of carbonyl (C=O) groups excluding carboxylic acids is 1. The third-order valence-corrected chi connectivity index (χ3v) is 2.52. The largest absolute Gasteiger partial charge is 0.277 e. The molecular weight excluding hydrogens is 302 g/mol. The molecule has 0 bridgehead atoms. The van der Waals surface area contributed by atoms with Gasteiger partial charge in [0, 0.05) is 8.95 Å². The lowest BCUT2D eigenvalue weighted by Gasteiger charge is -2.04. The zero-order valence-electron chi connectivity index (χ0n) is 6.80. The van der Waals surface area contributed by atoms with E-state index in [9.17, 15) is 4.79 Å². The second-order valence-corrected chi connectivity index (χ2v) is 4.03. The summed E-state index contributed by atoms with van der Waals surface area (Å²) in [5.41, 5.74) is 2.77. The number of benzene rings is 1. The Hall–Kier alpha value is -0.390. The minimum Gasteiger partial charge on any atom is -0.277 e. The summed E-state index contributed by atoms with van der Waals surface area (Å²) in [6.45, 7) is 0. The van der Waals surface area contributed by atoms with Crippen LogP contribution in [-0.4, -0.2) is 13.0 Å². The first-order valence-corrected chi connectivity index (χ1v) is 5.02. The van der Waals surface area contributed by atoms with Crippen LogP contribution < -0.4 is 5.48 Å². The normalized spacial score (nSPS) is 9.77. The van der Waals surface area contributed by atoms with E-state index in [4.69, 9.17) is 0 Å². The molecule has 3 nitrogen and oxygen atoms in total. The van der Waals surface area contributed by atoms with Gasteiger partial charge in [-0.25, -0.2) is 5.48 Å². The molecule has 0 heterocycles. The Morgan fingerprint density at radius 2 is 2.15 bits per heavy atom.